The van der Waals surface area contributed by atoms with E-state index in [0.717, 1.165) is 5.76 Å². The average molecular weight is 153 g/mol. The highest BCUT2D eigenvalue weighted by Crippen LogP contribution is 2.02. The molecule has 1 rings (SSSR count). The highest BCUT2D eigenvalue weighted by atomic mass is 16.3. The van der Waals surface area contributed by atoms with E-state index in [-0.39, 0.29) is 5.91 Å². The Hall–Kier alpha value is -1.25. The molecule has 1 aromatic rings. The second-order valence-corrected chi connectivity index (χ2v) is 2.25. The summed E-state index contributed by atoms with van der Waals surface area (Å²) in [5.41, 5.74) is 0. The molecule has 1 heterocycles. The third kappa shape index (κ3) is 2.45. The summed E-state index contributed by atoms with van der Waals surface area (Å²) in [6.07, 6.45) is 2.77. The lowest BCUT2D eigenvalue weighted by Gasteiger charge is -1.95. The number of rotatable bonds is 3. The van der Waals surface area contributed by atoms with Crippen LogP contribution < -0.4 is 5.32 Å². The molecule has 11 heavy (non-hydrogen) atoms. The van der Waals surface area contributed by atoms with Gasteiger partial charge in [0, 0.05) is 19.9 Å². The first-order valence-corrected chi connectivity index (χ1v) is 3.56. The van der Waals surface area contributed by atoms with E-state index in [4.69, 9.17) is 4.42 Å². The second kappa shape index (κ2) is 3.81. The molecule has 0 aliphatic carbocycles. The van der Waals surface area contributed by atoms with Gasteiger partial charge in [-0.3, -0.25) is 4.79 Å². The van der Waals surface area contributed by atoms with E-state index in [2.05, 4.69) is 5.32 Å². The molecule has 0 unspecified atom stereocenters. The van der Waals surface area contributed by atoms with Crippen molar-refractivity contribution in [2.24, 2.45) is 0 Å². The van der Waals surface area contributed by atoms with Crippen LogP contribution in [0.2, 0.25) is 0 Å². The summed E-state index contributed by atoms with van der Waals surface area (Å²) in [5.74, 6) is 0.898. The Morgan fingerprint density at radius 1 is 1.73 bits per heavy atom. The largest absolute Gasteiger partial charge is 0.469 e. The summed E-state index contributed by atoms with van der Waals surface area (Å²) in [5, 5.41) is 2.55. The normalized spacial score (nSPS) is 9.55. The maximum atomic E-state index is 10.8. The zero-order chi connectivity index (χ0) is 8.10. The van der Waals surface area contributed by atoms with Crippen molar-refractivity contribution < 1.29 is 9.21 Å². The Balaban J connectivity index is 2.29. The van der Waals surface area contributed by atoms with Gasteiger partial charge in [-0.2, -0.15) is 0 Å². The number of furan rings is 1. The Morgan fingerprint density at radius 3 is 3.09 bits per heavy atom. The average Bonchev–Trinajstić information content (AvgIpc) is 2.52. The van der Waals surface area contributed by atoms with Crippen molar-refractivity contribution in [3.63, 3.8) is 0 Å². The fourth-order valence-corrected chi connectivity index (χ4v) is 0.817. The number of carbonyl (C=O) groups excluding carboxylic acids is 1. The lowest BCUT2D eigenvalue weighted by molar-refractivity contribution is -0.120. The van der Waals surface area contributed by atoms with Gasteiger partial charge in [0.05, 0.1) is 6.26 Å². The topological polar surface area (TPSA) is 42.2 Å². The summed E-state index contributed by atoms with van der Waals surface area (Å²) in [6.45, 7) is 0. The summed E-state index contributed by atoms with van der Waals surface area (Å²) >= 11 is 0. The zero-order valence-electron chi connectivity index (χ0n) is 6.46. The van der Waals surface area contributed by atoms with Crippen molar-refractivity contribution in [3.05, 3.63) is 24.2 Å². The van der Waals surface area contributed by atoms with Gasteiger partial charge < -0.3 is 9.73 Å². The first-order valence-electron chi connectivity index (χ1n) is 3.56. The molecule has 0 aliphatic rings. The maximum Gasteiger partial charge on any atom is 0.220 e. The van der Waals surface area contributed by atoms with E-state index < -0.39 is 0 Å². The molecule has 1 N–H and O–H groups in total. The number of hydrogen-bond acceptors (Lipinski definition) is 2. The quantitative estimate of drug-likeness (QED) is 0.702. The van der Waals surface area contributed by atoms with Crippen LogP contribution in [0.25, 0.3) is 0 Å². The van der Waals surface area contributed by atoms with E-state index >= 15 is 0 Å². The fourth-order valence-electron chi connectivity index (χ4n) is 0.817. The van der Waals surface area contributed by atoms with Gasteiger partial charge in [-0.15, -0.1) is 0 Å². The van der Waals surface area contributed by atoms with Crippen molar-refractivity contribution in [1.29, 1.82) is 0 Å². The van der Waals surface area contributed by atoms with Gasteiger partial charge in [-0.1, -0.05) is 0 Å². The van der Waals surface area contributed by atoms with Gasteiger partial charge >= 0.3 is 0 Å². The molecule has 3 heteroatoms. The van der Waals surface area contributed by atoms with Crippen LogP contribution in [0.5, 0.6) is 0 Å². The first kappa shape index (κ1) is 7.85. The van der Waals surface area contributed by atoms with Crippen LogP contribution in [0.3, 0.4) is 0 Å². The van der Waals surface area contributed by atoms with Gasteiger partial charge in [0.2, 0.25) is 5.91 Å². The predicted octanol–water partition coefficient (Wildman–Crippen LogP) is 0.958. The molecule has 0 aliphatic heterocycles. The van der Waals surface area contributed by atoms with Gasteiger partial charge in [0.1, 0.15) is 5.76 Å². The minimum absolute atomic E-state index is 0.0430. The molecule has 1 aromatic heterocycles. The highest BCUT2D eigenvalue weighted by molar-refractivity contribution is 5.75. The summed E-state index contributed by atoms with van der Waals surface area (Å²) in [4.78, 5) is 10.8. The Morgan fingerprint density at radius 2 is 2.55 bits per heavy atom. The molecule has 0 radical (unpaired) electrons. The van der Waals surface area contributed by atoms with Crippen molar-refractivity contribution in [2.45, 2.75) is 12.8 Å². The molecule has 0 saturated heterocycles. The molecule has 1 amide bonds. The fraction of sp³-hybridized carbons (Fsp3) is 0.375. The molecule has 0 spiro atoms. The van der Waals surface area contributed by atoms with Crippen LogP contribution in [0.4, 0.5) is 0 Å². The number of carbonyl (C=O) groups is 1. The van der Waals surface area contributed by atoms with E-state index in [0.29, 0.717) is 12.8 Å². The Kier molecular flexibility index (Phi) is 2.72. The molecule has 0 fully saturated rings. The standard InChI is InChI=1S/C8H11NO2/c1-9-8(10)5-4-7-3-2-6-11-7/h2-3,6H,4-5H2,1H3,(H,9,10). The monoisotopic (exact) mass is 153 g/mol. The third-order valence-corrected chi connectivity index (χ3v) is 1.46. The molecule has 0 saturated carbocycles. The van der Waals surface area contributed by atoms with Gasteiger partial charge in [0.15, 0.2) is 0 Å². The van der Waals surface area contributed by atoms with E-state index in [1.165, 1.54) is 0 Å². The second-order valence-electron chi connectivity index (χ2n) is 2.25. The molecule has 0 atom stereocenters. The van der Waals surface area contributed by atoms with Crippen LogP contribution in [0, 0.1) is 0 Å². The van der Waals surface area contributed by atoms with Crippen molar-refractivity contribution >= 4 is 5.91 Å². The molecular weight excluding hydrogens is 142 g/mol. The molecule has 60 valence electrons. The minimum atomic E-state index is 0.0430. The number of amides is 1. The molecule has 0 aromatic carbocycles. The lowest BCUT2D eigenvalue weighted by Crippen LogP contribution is -2.17. The van der Waals surface area contributed by atoms with Gasteiger partial charge in [-0.25, -0.2) is 0 Å². The lowest BCUT2D eigenvalue weighted by atomic mass is 10.2. The van der Waals surface area contributed by atoms with Crippen LogP contribution in [0.1, 0.15) is 12.2 Å². The minimum Gasteiger partial charge on any atom is -0.469 e. The van der Waals surface area contributed by atoms with Crippen LogP contribution in [-0.4, -0.2) is 13.0 Å². The van der Waals surface area contributed by atoms with Crippen LogP contribution in [0.15, 0.2) is 22.8 Å². The third-order valence-electron chi connectivity index (χ3n) is 1.46. The number of nitrogens with one attached hydrogen (secondary N) is 1. The summed E-state index contributed by atoms with van der Waals surface area (Å²) in [6, 6.07) is 3.68. The highest BCUT2D eigenvalue weighted by Gasteiger charge is 2.00. The van der Waals surface area contributed by atoms with E-state index in [1.807, 2.05) is 12.1 Å². The summed E-state index contributed by atoms with van der Waals surface area (Å²) in [7, 11) is 1.63. The number of hydrogen-bond donors (Lipinski definition) is 1. The maximum absolute atomic E-state index is 10.8. The Bertz CT molecular complexity index is 216. The van der Waals surface area contributed by atoms with Crippen LogP contribution in [-0.2, 0) is 11.2 Å². The van der Waals surface area contributed by atoms with Gasteiger partial charge in [0.25, 0.3) is 0 Å². The van der Waals surface area contributed by atoms with Crippen LogP contribution >= 0.6 is 0 Å². The molecule has 0 bridgehead atoms. The van der Waals surface area contributed by atoms with Crippen molar-refractivity contribution in [2.75, 3.05) is 7.05 Å². The predicted molar refractivity (Wildman–Crippen MR) is 41.1 cm³/mol. The number of aryl methyl sites for hydroxylation is 1. The molecular formula is C8H11NO2. The van der Waals surface area contributed by atoms with E-state index in [1.54, 1.807) is 13.3 Å². The van der Waals surface area contributed by atoms with Crippen molar-refractivity contribution in [1.82, 2.24) is 5.32 Å². The van der Waals surface area contributed by atoms with Crippen molar-refractivity contribution in [3.8, 4) is 0 Å². The Labute approximate surface area is 65.4 Å². The molecule has 3 nitrogen and oxygen atoms in total. The zero-order valence-corrected chi connectivity index (χ0v) is 6.46. The smallest absolute Gasteiger partial charge is 0.220 e. The first-order chi connectivity index (χ1) is 5.33. The SMILES string of the molecule is CNC(=O)CCc1ccco1. The summed E-state index contributed by atoms with van der Waals surface area (Å²) < 4.78 is 5.05. The van der Waals surface area contributed by atoms with Gasteiger partial charge in [-0.05, 0) is 12.1 Å². The van der Waals surface area contributed by atoms with E-state index in [9.17, 15) is 4.79 Å².